The molecule has 0 aliphatic carbocycles. The summed E-state index contributed by atoms with van der Waals surface area (Å²) in [7, 11) is 0. The fraction of sp³-hybridized carbons (Fsp3) is 0.222. The van der Waals surface area contributed by atoms with Crippen molar-refractivity contribution in [3.63, 3.8) is 0 Å². The predicted molar refractivity (Wildman–Crippen MR) is 95.0 cm³/mol. The van der Waals surface area contributed by atoms with Crippen molar-refractivity contribution in [2.24, 2.45) is 0 Å². The number of carbonyl (C=O) groups is 2. The van der Waals surface area contributed by atoms with Gasteiger partial charge in [0, 0.05) is 16.1 Å². The number of ether oxygens (including phenoxy) is 1. The summed E-state index contributed by atoms with van der Waals surface area (Å²) in [5, 5.41) is 4.79. The van der Waals surface area contributed by atoms with Crippen LogP contribution in [0.15, 0.2) is 53.4 Å². The number of hydrogen-bond acceptors (Lipinski definition) is 4. The number of nitrogens with one attached hydrogen (secondary N) is 1. The molecular formula is C18H18N2O3S. The highest BCUT2D eigenvalue weighted by Crippen LogP contribution is 2.20. The van der Waals surface area contributed by atoms with E-state index in [4.69, 9.17) is 4.74 Å². The molecule has 0 bridgehead atoms. The van der Waals surface area contributed by atoms with Gasteiger partial charge in [-0.25, -0.2) is 4.79 Å². The molecule has 1 saturated heterocycles. The number of para-hydroxylation sites is 1. The number of rotatable bonds is 5. The highest BCUT2D eigenvalue weighted by atomic mass is 32.1. The maximum atomic E-state index is 12.1. The normalized spacial score (nSPS) is 17.7. The van der Waals surface area contributed by atoms with Gasteiger partial charge < -0.3 is 10.1 Å². The van der Waals surface area contributed by atoms with Gasteiger partial charge in [-0.2, -0.15) is 0 Å². The first-order chi connectivity index (χ1) is 11.6. The predicted octanol–water partition coefficient (Wildman–Crippen LogP) is 3.29. The molecule has 1 N–H and O–H groups in total. The molecule has 2 aromatic rings. The summed E-state index contributed by atoms with van der Waals surface area (Å²) in [5.41, 5.74) is 1.42. The molecule has 1 fully saturated rings. The van der Waals surface area contributed by atoms with Gasteiger partial charge in [0.25, 0.3) is 0 Å². The third-order valence-electron chi connectivity index (χ3n) is 3.69. The maximum absolute atomic E-state index is 12.1. The number of cyclic esters (lactones) is 1. The highest BCUT2D eigenvalue weighted by Gasteiger charge is 2.32. The number of anilines is 1. The van der Waals surface area contributed by atoms with E-state index in [1.807, 2.05) is 53.9 Å². The second kappa shape index (κ2) is 7.31. The topological polar surface area (TPSA) is 58.6 Å². The van der Waals surface area contributed by atoms with Crippen molar-refractivity contribution in [2.45, 2.75) is 13.0 Å². The number of hydrogen-bond donors (Lipinski definition) is 1. The molecule has 124 valence electrons. The van der Waals surface area contributed by atoms with Crippen LogP contribution in [-0.4, -0.2) is 31.2 Å². The van der Waals surface area contributed by atoms with Crippen molar-refractivity contribution in [1.29, 1.82) is 0 Å². The van der Waals surface area contributed by atoms with Crippen molar-refractivity contribution in [3.8, 4) is 0 Å². The molecule has 1 aromatic heterocycles. The van der Waals surface area contributed by atoms with E-state index in [9.17, 15) is 9.59 Å². The summed E-state index contributed by atoms with van der Waals surface area (Å²) >= 11 is 1.58. The van der Waals surface area contributed by atoms with Crippen LogP contribution in [0.3, 0.4) is 0 Å². The molecule has 5 nitrogen and oxygen atoms in total. The van der Waals surface area contributed by atoms with Crippen molar-refractivity contribution in [2.75, 3.05) is 18.0 Å². The van der Waals surface area contributed by atoms with Gasteiger partial charge in [0.15, 0.2) is 0 Å². The van der Waals surface area contributed by atoms with Crippen LogP contribution in [0.2, 0.25) is 0 Å². The first kappa shape index (κ1) is 16.3. The van der Waals surface area contributed by atoms with Crippen LogP contribution in [0.5, 0.6) is 0 Å². The standard InChI is InChI=1S/C18H18N2O3S/c1-13(10-16-8-5-9-24-16)17(21)19-11-15-12-20(18(22)23-15)14-6-3-2-4-7-14/h2-10,15H,11-12H2,1H3,(H,19,21)/b13-10+. The molecule has 1 unspecified atom stereocenters. The lowest BCUT2D eigenvalue weighted by atomic mass is 10.2. The molecule has 2 heterocycles. The number of thiophene rings is 1. The molecule has 1 aliphatic heterocycles. The van der Waals surface area contributed by atoms with Gasteiger partial charge in [0.1, 0.15) is 6.10 Å². The third kappa shape index (κ3) is 3.83. The first-order valence-corrected chi connectivity index (χ1v) is 8.54. The molecule has 0 radical (unpaired) electrons. The fourth-order valence-electron chi connectivity index (χ4n) is 2.44. The average molecular weight is 342 g/mol. The van der Waals surface area contributed by atoms with E-state index in [0.29, 0.717) is 18.7 Å². The molecule has 3 rings (SSSR count). The summed E-state index contributed by atoms with van der Waals surface area (Å²) < 4.78 is 5.32. The van der Waals surface area contributed by atoms with E-state index >= 15 is 0 Å². The Hall–Kier alpha value is -2.60. The van der Waals surface area contributed by atoms with E-state index in [0.717, 1.165) is 10.6 Å². The summed E-state index contributed by atoms with van der Waals surface area (Å²) in [6.07, 6.45) is 1.11. The van der Waals surface area contributed by atoms with Gasteiger partial charge in [-0.15, -0.1) is 11.3 Å². The van der Waals surface area contributed by atoms with Gasteiger partial charge in [0.05, 0.1) is 13.1 Å². The molecule has 1 atom stereocenters. The van der Waals surface area contributed by atoms with Gasteiger partial charge in [-0.05, 0) is 36.6 Å². The van der Waals surface area contributed by atoms with Crippen LogP contribution in [0.4, 0.5) is 10.5 Å². The summed E-state index contributed by atoms with van der Waals surface area (Å²) in [6, 6.07) is 13.3. The number of benzene rings is 1. The lowest BCUT2D eigenvalue weighted by molar-refractivity contribution is -0.117. The second-order valence-electron chi connectivity index (χ2n) is 5.50. The summed E-state index contributed by atoms with van der Waals surface area (Å²) in [4.78, 5) is 26.7. The second-order valence-corrected chi connectivity index (χ2v) is 6.48. The molecule has 6 heteroatoms. The van der Waals surface area contributed by atoms with Gasteiger partial charge in [0.2, 0.25) is 5.91 Å². The Bertz CT molecular complexity index is 741. The molecule has 1 aliphatic rings. The minimum Gasteiger partial charge on any atom is -0.442 e. The summed E-state index contributed by atoms with van der Waals surface area (Å²) in [6.45, 7) is 2.49. The molecule has 2 amide bonds. The molecule has 24 heavy (non-hydrogen) atoms. The van der Waals surface area contributed by atoms with Gasteiger partial charge in [-0.1, -0.05) is 24.3 Å². The Morgan fingerprint density at radius 2 is 2.12 bits per heavy atom. The van der Waals surface area contributed by atoms with E-state index < -0.39 is 0 Å². The first-order valence-electron chi connectivity index (χ1n) is 7.66. The molecule has 0 spiro atoms. The Kier molecular flexibility index (Phi) is 4.96. The zero-order valence-electron chi connectivity index (χ0n) is 13.3. The number of nitrogens with zero attached hydrogens (tertiary/aromatic N) is 1. The largest absolute Gasteiger partial charge is 0.442 e. The van der Waals surface area contributed by atoms with Gasteiger partial charge >= 0.3 is 6.09 Å². The maximum Gasteiger partial charge on any atom is 0.414 e. The van der Waals surface area contributed by atoms with Crippen LogP contribution < -0.4 is 10.2 Å². The van der Waals surface area contributed by atoms with Crippen molar-refractivity contribution in [3.05, 3.63) is 58.3 Å². The minimum absolute atomic E-state index is 0.155. The fourth-order valence-corrected chi connectivity index (χ4v) is 3.16. The number of amides is 2. The SMILES string of the molecule is C/C(=C\c1cccs1)C(=O)NCC1CN(c2ccccc2)C(=O)O1. The van der Waals surface area contributed by atoms with E-state index in [2.05, 4.69) is 5.32 Å². The smallest absolute Gasteiger partial charge is 0.414 e. The van der Waals surface area contributed by atoms with Crippen LogP contribution >= 0.6 is 11.3 Å². The number of carbonyl (C=O) groups excluding carboxylic acids is 2. The van der Waals surface area contributed by atoms with Crippen molar-refractivity contribution in [1.82, 2.24) is 5.32 Å². The van der Waals surface area contributed by atoms with Crippen molar-refractivity contribution < 1.29 is 14.3 Å². The lowest BCUT2D eigenvalue weighted by Crippen LogP contribution is -2.34. The molecule has 0 saturated carbocycles. The van der Waals surface area contributed by atoms with Crippen molar-refractivity contribution >= 4 is 35.1 Å². The Balaban J connectivity index is 1.54. The van der Waals surface area contributed by atoms with Crippen LogP contribution in [-0.2, 0) is 9.53 Å². The van der Waals surface area contributed by atoms with E-state index in [1.54, 1.807) is 23.2 Å². The third-order valence-corrected chi connectivity index (χ3v) is 4.51. The van der Waals surface area contributed by atoms with E-state index in [-0.39, 0.29) is 18.1 Å². The monoisotopic (exact) mass is 342 g/mol. The van der Waals surface area contributed by atoms with E-state index in [1.165, 1.54) is 0 Å². The Morgan fingerprint density at radius 3 is 2.83 bits per heavy atom. The Morgan fingerprint density at radius 1 is 1.33 bits per heavy atom. The van der Waals surface area contributed by atoms with Crippen LogP contribution in [0, 0.1) is 0 Å². The van der Waals surface area contributed by atoms with Gasteiger partial charge in [-0.3, -0.25) is 9.69 Å². The highest BCUT2D eigenvalue weighted by molar-refractivity contribution is 7.10. The van der Waals surface area contributed by atoms with Crippen LogP contribution in [0.1, 0.15) is 11.8 Å². The summed E-state index contributed by atoms with van der Waals surface area (Å²) in [5.74, 6) is -0.155. The quantitative estimate of drug-likeness (QED) is 0.848. The zero-order chi connectivity index (χ0) is 16.9. The van der Waals surface area contributed by atoms with Crippen LogP contribution in [0.25, 0.3) is 6.08 Å². The molecule has 1 aromatic carbocycles. The average Bonchev–Trinajstić information content (AvgIpc) is 3.23. The lowest BCUT2D eigenvalue weighted by Gasteiger charge is -2.12. The zero-order valence-corrected chi connectivity index (χ0v) is 14.1. The Labute approximate surface area is 144 Å². The minimum atomic E-state index is -0.383. The molecular weight excluding hydrogens is 324 g/mol.